The van der Waals surface area contributed by atoms with Crippen LogP contribution in [0.5, 0.6) is 0 Å². The average molecular weight is 344 g/mol. The Morgan fingerprint density at radius 2 is 2.04 bits per heavy atom. The van der Waals surface area contributed by atoms with E-state index in [9.17, 15) is 9.59 Å². The molecule has 3 rings (SSSR count). The van der Waals surface area contributed by atoms with Crippen LogP contribution in [0.2, 0.25) is 0 Å². The predicted molar refractivity (Wildman–Crippen MR) is 94.2 cm³/mol. The molecular formula is C19H24N2O4. The summed E-state index contributed by atoms with van der Waals surface area (Å²) in [6.45, 7) is 5.23. The van der Waals surface area contributed by atoms with E-state index in [0.717, 1.165) is 22.4 Å². The third-order valence-electron chi connectivity index (χ3n) is 4.52. The van der Waals surface area contributed by atoms with Crippen LogP contribution in [0, 0.1) is 0 Å². The first kappa shape index (κ1) is 17.6. The van der Waals surface area contributed by atoms with Crippen LogP contribution in [0.3, 0.4) is 0 Å². The highest BCUT2D eigenvalue weighted by molar-refractivity contribution is 6.00. The molecule has 0 aromatic heterocycles. The van der Waals surface area contributed by atoms with Gasteiger partial charge in [-0.3, -0.25) is 9.59 Å². The van der Waals surface area contributed by atoms with E-state index in [2.05, 4.69) is 5.32 Å². The number of hydrogen-bond donors (Lipinski definition) is 1. The molecule has 6 nitrogen and oxygen atoms in total. The number of fused-ring (bicyclic) bond motifs is 1. The number of allylic oxidation sites excluding steroid dienone is 1. The van der Waals surface area contributed by atoms with Crippen molar-refractivity contribution in [1.29, 1.82) is 0 Å². The van der Waals surface area contributed by atoms with Crippen LogP contribution >= 0.6 is 0 Å². The van der Waals surface area contributed by atoms with Gasteiger partial charge in [-0.05, 0) is 31.5 Å². The monoisotopic (exact) mass is 344 g/mol. The second-order valence-corrected chi connectivity index (χ2v) is 6.69. The molecule has 2 amide bonds. The summed E-state index contributed by atoms with van der Waals surface area (Å²) in [5.41, 5.74) is 3.76. The van der Waals surface area contributed by atoms with E-state index < -0.39 is 5.79 Å². The highest BCUT2D eigenvalue weighted by Crippen LogP contribution is 2.38. The third-order valence-corrected chi connectivity index (χ3v) is 4.52. The second-order valence-electron chi connectivity index (χ2n) is 6.69. The predicted octanol–water partition coefficient (Wildman–Crippen LogP) is 1.88. The minimum atomic E-state index is -0.864. The average Bonchev–Trinajstić information content (AvgIpc) is 3.13. The molecule has 0 bridgehead atoms. The van der Waals surface area contributed by atoms with E-state index in [1.54, 1.807) is 18.0 Å². The van der Waals surface area contributed by atoms with Crippen LogP contribution in [0.25, 0.3) is 0 Å². The van der Waals surface area contributed by atoms with E-state index in [1.165, 1.54) is 0 Å². The number of carbonyl (C=O) groups is 2. The SMILES string of the molecule is CC(C)=CC(=O)NCCC1(c2ccc3c(c2)CC(=O)N3C)OCCO1. The van der Waals surface area contributed by atoms with Gasteiger partial charge in [0, 0.05) is 37.3 Å². The third kappa shape index (κ3) is 3.60. The minimum Gasteiger partial charge on any atom is -0.352 e. The maximum Gasteiger partial charge on any atom is 0.243 e. The smallest absolute Gasteiger partial charge is 0.243 e. The molecule has 0 spiro atoms. The van der Waals surface area contributed by atoms with E-state index in [-0.39, 0.29) is 11.8 Å². The molecule has 2 aliphatic heterocycles. The minimum absolute atomic E-state index is 0.0865. The lowest BCUT2D eigenvalue weighted by atomic mass is 9.98. The van der Waals surface area contributed by atoms with Crippen molar-refractivity contribution >= 4 is 17.5 Å². The zero-order valence-electron chi connectivity index (χ0n) is 14.9. The summed E-state index contributed by atoms with van der Waals surface area (Å²) < 4.78 is 11.8. The molecule has 134 valence electrons. The van der Waals surface area contributed by atoms with Gasteiger partial charge in [0.2, 0.25) is 11.8 Å². The molecule has 0 atom stereocenters. The van der Waals surface area contributed by atoms with Crippen LogP contribution in [-0.2, 0) is 31.3 Å². The van der Waals surface area contributed by atoms with Gasteiger partial charge < -0.3 is 19.7 Å². The van der Waals surface area contributed by atoms with E-state index in [4.69, 9.17) is 9.47 Å². The number of amides is 2. The Hall–Kier alpha value is -2.18. The number of anilines is 1. The molecular weight excluding hydrogens is 320 g/mol. The van der Waals surface area contributed by atoms with Crippen LogP contribution in [0.15, 0.2) is 29.8 Å². The lowest BCUT2D eigenvalue weighted by molar-refractivity contribution is -0.170. The summed E-state index contributed by atoms with van der Waals surface area (Å²) in [7, 11) is 1.78. The zero-order chi connectivity index (χ0) is 18.0. The lowest BCUT2D eigenvalue weighted by Gasteiger charge is -2.28. The van der Waals surface area contributed by atoms with Gasteiger partial charge >= 0.3 is 0 Å². The van der Waals surface area contributed by atoms with Gasteiger partial charge in [0.05, 0.1) is 19.6 Å². The van der Waals surface area contributed by atoms with Gasteiger partial charge in [-0.1, -0.05) is 11.6 Å². The van der Waals surface area contributed by atoms with Crippen molar-refractivity contribution in [3.63, 3.8) is 0 Å². The summed E-state index contributed by atoms with van der Waals surface area (Å²) in [5.74, 6) is -0.893. The normalized spacial score (nSPS) is 18.2. The fourth-order valence-electron chi connectivity index (χ4n) is 3.28. The van der Waals surface area contributed by atoms with Crippen molar-refractivity contribution in [1.82, 2.24) is 5.32 Å². The van der Waals surface area contributed by atoms with Gasteiger partial charge in [-0.25, -0.2) is 0 Å². The molecule has 1 saturated heterocycles. The highest BCUT2D eigenvalue weighted by Gasteiger charge is 2.39. The molecule has 25 heavy (non-hydrogen) atoms. The molecule has 2 heterocycles. The number of nitrogens with one attached hydrogen (secondary N) is 1. The van der Waals surface area contributed by atoms with Crippen molar-refractivity contribution in [2.24, 2.45) is 0 Å². The molecule has 2 aliphatic rings. The molecule has 0 aliphatic carbocycles. The first-order chi connectivity index (χ1) is 11.9. The fraction of sp³-hybridized carbons (Fsp3) is 0.474. The molecule has 1 N–H and O–H groups in total. The molecule has 0 saturated carbocycles. The Balaban J connectivity index is 1.75. The van der Waals surface area contributed by atoms with Crippen molar-refractivity contribution in [2.45, 2.75) is 32.5 Å². The zero-order valence-corrected chi connectivity index (χ0v) is 14.9. The second kappa shape index (κ2) is 6.98. The largest absolute Gasteiger partial charge is 0.352 e. The van der Waals surface area contributed by atoms with Crippen LogP contribution in [-0.4, -0.2) is 38.6 Å². The number of carbonyl (C=O) groups excluding carboxylic acids is 2. The number of nitrogens with zero attached hydrogens (tertiary/aromatic N) is 1. The quantitative estimate of drug-likeness (QED) is 0.828. The number of ether oxygens (including phenoxy) is 2. The number of rotatable bonds is 5. The summed E-state index contributed by atoms with van der Waals surface area (Å²) >= 11 is 0. The first-order valence-electron chi connectivity index (χ1n) is 8.52. The maximum absolute atomic E-state index is 11.9. The summed E-state index contributed by atoms with van der Waals surface area (Å²) in [6.07, 6.45) is 2.48. The fourth-order valence-corrected chi connectivity index (χ4v) is 3.28. The summed E-state index contributed by atoms with van der Waals surface area (Å²) in [4.78, 5) is 25.3. The van der Waals surface area contributed by atoms with Gasteiger partial charge in [0.15, 0.2) is 5.79 Å². The number of benzene rings is 1. The van der Waals surface area contributed by atoms with Crippen molar-refractivity contribution < 1.29 is 19.1 Å². The van der Waals surface area contributed by atoms with Crippen LogP contribution in [0.1, 0.15) is 31.4 Å². The summed E-state index contributed by atoms with van der Waals surface area (Å²) in [6, 6.07) is 5.86. The van der Waals surface area contributed by atoms with Gasteiger partial charge in [0.1, 0.15) is 0 Å². The van der Waals surface area contributed by atoms with Crippen molar-refractivity contribution in [3.8, 4) is 0 Å². The molecule has 6 heteroatoms. The number of likely N-dealkylation sites (N-methyl/N-ethyl adjacent to an activating group) is 1. The van der Waals surface area contributed by atoms with Gasteiger partial charge in [-0.15, -0.1) is 0 Å². The van der Waals surface area contributed by atoms with Gasteiger partial charge in [-0.2, -0.15) is 0 Å². The molecule has 1 aromatic carbocycles. The van der Waals surface area contributed by atoms with Crippen LogP contribution in [0.4, 0.5) is 5.69 Å². The molecule has 1 fully saturated rings. The first-order valence-corrected chi connectivity index (χ1v) is 8.52. The Labute approximate surface area is 147 Å². The summed E-state index contributed by atoms with van der Waals surface area (Å²) in [5, 5.41) is 2.86. The maximum atomic E-state index is 11.9. The van der Waals surface area contributed by atoms with E-state index in [1.807, 2.05) is 32.0 Å². The van der Waals surface area contributed by atoms with E-state index in [0.29, 0.717) is 32.6 Å². The number of hydrogen-bond acceptors (Lipinski definition) is 4. The van der Waals surface area contributed by atoms with Crippen molar-refractivity contribution in [2.75, 3.05) is 31.7 Å². The Morgan fingerprint density at radius 1 is 1.32 bits per heavy atom. The Bertz CT molecular complexity index is 716. The lowest BCUT2D eigenvalue weighted by Crippen LogP contribution is -2.33. The Morgan fingerprint density at radius 3 is 2.72 bits per heavy atom. The van der Waals surface area contributed by atoms with Gasteiger partial charge in [0.25, 0.3) is 0 Å². The van der Waals surface area contributed by atoms with Crippen molar-refractivity contribution in [3.05, 3.63) is 41.0 Å². The standard InChI is InChI=1S/C19H24N2O4/c1-13(2)10-17(22)20-7-6-19(24-8-9-25-19)15-4-5-16-14(11-15)12-18(23)21(16)3/h4-5,10-11H,6-9,12H2,1-3H3,(H,20,22). The highest BCUT2D eigenvalue weighted by atomic mass is 16.7. The molecule has 1 aromatic rings. The van der Waals surface area contributed by atoms with E-state index >= 15 is 0 Å². The topological polar surface area (TPSA) is 67.9 Å². The Kier molecular flexibility index (Phi) is 4.92. The van der Waals surface area contributed by atoms with Crippen LogP contribution < -0.4 is 10.2 Å². The molecule has 0 unspecified atom stereocenters. The molecule has 0 radical (unpaired) electrons.